The Labute approximate surface area is 214 Å². The van der Waals surface area contributed by atoms with Crippen molar-refractivity contribution in [3.05, 3.63) is 65.5 Å². The van der Waals surface area contributed by atoms with Crippen LogP contribution in [0.5, 0.6) is 0 Å². The zero-order chi connectivity index (χ0) is 24.2. The maximum atomic E-state index is 7.49. The number of rotatable bonds is 3. The summed E-state index contributed by atoms with van der Waals surface area (Å²) in [6.45, 7) is 6.56. The van der Waals surface area contributed by atoms with Gasteiger partial charge in [-0.2, -0.15) is 0 Å². The average Bonchev–Trinajstić information content (AvgIpc) is 3.38. The van der Waals surface area contributed by atoms with E-state index in [4.69, 9.17) is 9.47 Å². The highest BCUT2D eigenvalue weighted by Gasteiger charge is 2.66. The van der Waals surface area contributed by atoms with Crippen molar-refractivity contribution in [1.82, 2.24) is 10.3 Å². The van der Waals surface area contributed by atoms with E-state index in [0.717, 1.165) is 32.5 Å². The summed E-state index contributed by atoms with van der Waals surface area (Å²) >= 11 is 0. The van der Waals surface area contributed by atoms with Crippen molar-refractivity contribution in [2.75, 3.05) is 13.2 Å². The first kappa shape index (κ1) is 22.0. The van der Waals surface area contributed by atoms with Gasteiger partial charge in [0, 0.05) is 23.8 Å². The van der Waals surface area contributed by atoms with Gasteiger partial charge in [-0.05, 0) is 110 Å². The van der Waals surface area contributed by atoms with Crippen LogP contribution in [0.25, 0.3) is 10.8 Å². The fourth-order valence-electron chi connectivity index (χ4n) is 9.38. The molecule has 3 aliphatic carbocycles. The van der Waals surface area contributed by atoms with Crippen LogP contribution in [0.1, 0.15) is 76.7 Å². The van der Waals surface area contributed by atoms with Crippen LogP contribution in [0.3, 0.4) is 0 Å². The summed E-state index contributed by atoms with van der Waals surface area (Å²) in [7, 11) is 0. The quantitative estimate of drug-likeness (QED) is 0.564. The van der Waals surface area contributed by atoms with Gasteiger partial charge in [0.05, 0.1) is 30.0 Å². The van der Waals surface area contributed by atoms with Crippen molar-refractivity contribution in [3.63, 3.8) is 0 Å². The maximum absolute atomic E-state index is 7.49. The lowest BCUT2D eigenvalue weighted by Gasteiger charge is -2.55. The largest absolute Gasteiger partial charge is 0.377 e. The van der Waals surface area contributed by atoms with Gasteiger partial charge in [0.15, 0.2) is 0 Å². The third-order valence-electron chi connectivity index (χ3n) is 11.1. The van der Waals surface area contributed by atoms with Crippen molar-refractivity contribution in [3.8, 4) is 0 Å². The number of benzene rings is 1. The molecule has 1 aromatic carbocycles. The molecule has 1 N–H and O–H groups in total. The van der Waals surface area contributed by atoms with Crippen LogP contribution in [0, 0.1) is 11.3 Å². The molecule has 1 aromatic heterocycles. The number of aromatic nitrogens is 1. The Hall–Kier alpha value is -2.01. The third-order valence-corrected chi connectivity index (χ3v) is 11.1. The molecule has 2 saturated carbocycles. The second-order valence-corrected chi connectivity index (χ2v) is 13.3. The van der Waals surface area contributed by atoms with Crippen LogP contribution < -0.4 is 5.32 Å². The SMILES string of the molecule is CC1(N[C@H]2CCC3=CC4=CC[C@]5(C)[C@@H](c6ccc7ccncc7c6)CC[C@H]5[C@@]45CC[C@]3(C2)O5)COC1. The molecule has 188 valence electrons. The molecule has 0 amide bonds. The minimum atomic E-state index is -0.0883. The minimum Gasteiger partial charge on any atom is -0.377 e. The van der Waals surface area contributed by atoms with Crippen molar-refractivity contribution in [2.45, 2.75) is 93.9 Å². The van der Waals surface area contributed by atoms with E-state index in [9.17, 15) is 0 Å². The van der Waals surface area contributed by atoms with Gasteiger partial charge in [-0.1, -0.05) is 31.2 Å². The lowest BCUT2D eigenvalue weighted by atomic mass is 9.58. The molecule has 2 aromatic rings. The van der Waals surface area contributed by atoms with E-state index in [1.54, 1.807) is 5.57 Å². The zero-order valence-corrected chi connectivity index (χ0v) is 21.7. The molecule has 2 bridgehead atoms. The smallest absolute Gasteiger partial charge is 0.0974 e. The van der Waals surface area contributed by atoms with Crippen LogP contribution >= 0.6 is 0 Å². The summed E-state index contributed by atoms with van der Waals surface area (Å²) in [5.74, 6) is 1.16. The highest BCUT2D eigenvalue weighted by Crippen LogP contribution is 2.69. The predicted octanol–water partition coefficient (Wildman–Crippen LogP) is 6.22. The van der Waals surface area contributed by atoms with Crippen LogP contribution in [0.2, 0.25) is 0 Å². The van der Waals surface area contributed by atoms with E-state index in [2.05, 4.69) is 60.6 Å². The molecule has 0 unspecified atom stereocenters. The molecule has 3 aliphatic heterocycles. The van der Waals surface area contributed by atoms with Gasteiger partial charge >= 0.3 is 0 Å². The first-order valence-electron chi connectivity index (χ1n) is 14.2. The summed E-state index contributed by atoms with van der Waals surface area (Å²) in [4.78, 5) is 4.39. The molecule has 2 spiro atoms. The summed E-state index contributed by atoms with van der Waals surface area (Å²) in [5, 5.41) is 6.50. The van der Waals surface area contributed by atoms with Gasteiger partial charge in [-0.25, -0.2) is 0 Å². The number of ether oxygens (including phenoxy) is 2. The number of nitrogens with zero attached hydrogens (tertiary/aromatic N) is 1. The lowest BCUT2D eigenvalue weighted by molar-refractivity contribution is -0.140. The number of hydrogen-bond acceptors (Lipinski definition) is 4. The average molecular weight is 483 g/mol. The van der Waals surface area contributed by atoms with Gasteiger partial charge < -0.3 is 14.8 Å². The molecule has 4 heterocycles. The number of allylic oxidation sites excluding steroid dienone is 1. The topological polar surface area (TPSA) is 43.4 Å². The molecule has 8 rings (SSSR count). The lowest BCUT2D eigenvalue weighted by Crippen LogP contribution is -2.63. The monoisotopic (exact) mass is 482 g/mol. The maximum Gasteiger partial charge on any atom is 0.0974 e. The van der Waals surface area contributed by atoms with E-state index in [1.807, 2.05) is 12.4 Å². The summed E-state index contributed by atoms with van der Waals surface area (Å²) in [6.07, 6.45) is 18.6. The molecular weight excluding hydrogens is 444 g/mol. The Morgan fingerprint density at radius 2 is 1.94 bits per heavy atom. The molecule has 0 radical (unpaired) electrons. The molecular formula is C32H38N2O2. The van der Waals surface area contributed by atoms with Crippen LogP contribution in [0.15, 0.2) is 60.0 Å². The Morgan fingerprint density at radius 3 is 2.81 bits per heavy atom. The molecule has 36 heavy (non-hydrogen) atoms. The number of pyridine rings is 1. The van der Waals surface area contributed by atoms with Crippen molar-refractivity contribution in [2.24, 2.45) is 11.3 Å². The van der Waals surface area contributed by atoms with Crippen LogP contribution in [-0.4, -0.2) is 41.0 Å². The minimum absolute atomic E-state index is 0.0564. The highest BCUT2D eigenvalue weighted by molar-refractivity contribution is 5.82. The Morgan fingerprint density at radius 1 is 1.03 bits per heavy atom. The Balaban J connectivity index is 1.13. The van der Waals surface area contributed by atoms with Gasteiger partial charge in [-0.15, -0.1) is 0 Å². The van der Waals surface area contributed by atoms with Crippen LogP contribution in [-0.2, 0) is 9.47 Å². The Kier molecular flexibility index (Phi) is 4.47. The molecule has 4 fully saturated rings. The normalized spacial score (nSPS) is 42.1. The Bertz CT molecular complexity index is 1310. The molecule has 6 atom stereocenters. The van der Waals surface area contributed by atoms with Crippen molar-refractivity contribution in [1.29, 1.82) is 0 Å². The van der Waals surface area contributed by atoms with E-state index in [0.29, 0.717) is 17.9 Å². The van der Waals surface area contributed by atoms with Gasteiger partial charge in [0.25, 0.3) is 0 Å². The molecule has 4 nitrogen and oxygen atoms in total. The highest BCUT2D eigenvalue weighted by atomic mass is 16.5. The zero-order valence-electron chi connectivity index (χ0n) is 21.7. The first-order valence-corrected chi connectivity index (χ1v) is 14.2. The van der Waals surface area contributed by atoms with E-state index in [1.165, 1.54) is 54.0 Å². The first-order chi connectivity index (χ1) is 17.4. The van der Waals surface area contributed by atoms with E-state index in [-0.39, 0.29) is 22.2 Å². The number of fused-ring (bicyclic) bond motifs is 2. The van der Waals surface area contributed by atoms with E-state index >= 15 is 0 Å². The van der Waals surface area contributed by atoms with Gasteiger partial charge in [0.1, 0.15) is 0 Å². The number of nitrogens with one attached hydrogen (secondary N) is 1. The van der Waals surface area contributed by atoms with Crippen LogP contribution in [0.4, 0.5) is 0 Å². The fourth-order valence-corrected chi connectivity index (χ4v) is 9.38. The fraction of sp³-hybridized carbons (Fsp3) is 0.594. The summed E-state index contributed by atoms with van der Waals surface area (Å²) in [6, 6.07) is 9.74. The summed E-state index contributed by atoms with van der Waals surface area (Å²) in [5.41, 5.74) is 4.83. The standard InChI is InChI=1S/C32H38N2O2/c1-29(19-35-20-29)34-26-6-5-24-16-25-9-11-30(2)27(22-4-3-21-10-14-33-18-23(21)15-22)7-8-28(30)32(25)13-12-31(24,17-26)36-32/h3-4,9-10,14-16,18,26-28,34H,5-8,11-13,17,19-20H2,1-2H3/t26-,27+,28+,30+,31+,32+/m0/s1. The van der Waals surface area contributed by atoms with Gasteiger partial charge in [-0.3, -0.25) is 4.98 Å². The summed E-state index contributed by atoms with van der Waals surface area (Å²) < 4.78 is 13.0. The third kappa shape index (κ3) is 2.90. The molecule has 2 saturated heterocycles. The van der Waals surface area contributed by atoms with E-state index < -0.39 is 0 Å². The predicted molar refractivity (Wildman–Crippen MR) is 142 cm³/mol. The molecule has 4 heteroatoms. The van der Waals surface area contributed by atoms with Crippen molar-refractivity contribution >= 4 is 10.8 Å². The van der Waals surface area contributed by atoms with Gasteiger partial charge in [0.2, 0.25) is 0 Å². The second kappa shape index (κ2) is 7.30. The molecule has 6 aliphatic rings. The second-order valence-electron chi connectivity index (χ2n) is 13.3. The number of hydrogen-bond donors (Lipinski definition) is 1. The van der Waals surface area contributed by atoms with Crippen molar-refractivity contribution < 1.29 is 9.47 Å².